The van der Waals surface area contributed by atoms with E-state index < -0.39 is 17.3 Å². The van der Waals surface area contributed by atoms with Gasteiger partial charge in [0, 0.05) is 37.5 Å². The first-order chi connectivity index (χ1) is 18.7. The van der Waals surface area contributed by atoms with Crippen LogP contribution < -0.4 is 10.2 Å². The minimum absolute atomic E-state index is 0.00178. The Morgan fingerprint density at radius 1 is 1.03 bits per heavy atom. The minimum Gasteiger partial charge on any atom is -0.376 e. The zero-order valence-electron chi connectivity index (χ0n) is 21.5. The molecule has 1 atom stereocenters. The second-order valence-electron chi connectivity index (χ2n) is 10.2. The summed E-state index contributed by atoms with van der Waals surface area (Å²) in [5, 5.41) is 2.87. The molecule has 0 bridgehead atoms. The second kappa shape index (κ2) is 10.9. The van der Waals surface area contributed by atoms with Gasteiger partial charge in [0.15, 0.2) is 0 Å². The lowest BCUT2D eigenvalue weighted by Crippen LogP contribution is -2.57. The fourth-order valence-electron chi connectivity index (χ4n) is 5.65. The number of hydrogen-bond acceptors (Lipinski definition) is 5. The van der Waals surface area contributed by atoms with E-state index in [0.29, 0.717) is 26.0 Å². The molecule has 5 rings (SSSR count). The summed E-state index contributed by atoms with van der Waals surface area (Å²) in [5.74, 6) is -0.792. The van der Waals surface area contributed by atoms with Crippen molar-refractivity contribution in [3.05, 3.63) is 65.7 Å². The summed E-state index contributed by atoms with van der Waals surface area (Å²) in [6.45, 7) is 1.78. The molecule has 2 aromatic carbocycles. The molecule has 0 aromatic heterocycles. The van der Waals surface area contributed by atoms with E-state index in [1.54, 1.807) is 9.80 Å². The minimum atomic E-state index is -4.48. The number of para-hydroxylation sites is 1. The Bertz CT molecular complexity index is 1190. The normalized spacial score (nSPS) is 21.1. The zero-order valence-corrected chi connectivity index (χ0v) is 21.5. The molecule has 3 heterocycles. The van der Waals surface area contributed by atoms with Crippen LogP contribution in [0.25, 0.3) is 0 Å². The Labute approximate surface area is 224 Å². The fourth-order valence-corrected chi connectivity index (χ4v) is 5.65. The number of benzene rings is 2. The third-order valence-electron chi connectivity index (χ3n) is 7.80. The molecule has 3 aliphatic heterocycles. The zero-order chi connectivity index (χ0) is 27.6. The van der Waals surface area contributed by atoms with Crippen LogP contribution in [0.5, 0.6) is 0 Å². The van der Waals surface area contributed by atoms with Crippen molar-refractivity contribution >= 4 is 23.4 Å². The summed E-state index contributed by atoms with van der Waals surface area (Å²) in [7, 11) is 0. The number of alkyl halides is 3. The van der Waals surface area contributed by atoms with Gasteiger partial charge < -0.3 is 24.8 Å². The number of anilines is 1. The molecule has 1 N–H and O–H groups in total. The van der Waals surface area contributed by atoms with Crippen LogP contribution in [0.1, 0.15) is 41.6 Å². The molecule has 3 aliphatic rings. The van der Waals surface area contributed by atoms with Crippen molar-refractivity contribution in [1.82, 2.24) is 15.1 Å². The Morgan fingerprint density at radius 2 is 1.72 bits per heavy atom. The van der Waals surface area contributed by atoms with Crippen LogP contribution in [0.2, 0.25) is 0 Å². The van der Waals surface area contributed by atoms with Crippen molar-refractivity contribution in [2.45, 2.75) is 43.5 Å². The number of amides is 3. The van der Waals surface area contributed by atoms with Gasteiger partial charge in [-0.05, 0) is 62.1 Å². The summed E-state index contributed by atoms with van der Waals surface area (Å²) < 4.78 is 44.3. The summed E-state index contributed by atoms with van der Waals surface area (Å²) in [6.07, 6.45) is -1.94. The number of ether oxygens (including phenoxy) is 1. The first-order valence-electron chi connectivity index (χ1n) is 13.1. The first kappa shape index (κ1) is 27.0. The lowest BCUT2D eigenvalue weighted by molar-refractivity contribution is -0.137. The number of nitrogens with one attached hydrogen (secondary N) is 1. The van der Waals surface area contributed by atoms with Crippen molar-refractivity contribution in [2.75, 3.05) is 44.4 Å². The van der Waals surface area contributed by atoms with Crippen LogP contribution in [-0.2, 0) is 20.5 Å². The Kier molecular flexibility index (Phi) is 7.53. The monoisotopic (exact) mass is 544 g/mol. The third-order valence-corrected chi connectivity index (χ3v) is 7.80. The number of halogens is 3. The fraction of sp³-hybridized carbons (Fsp3) is 0.464. The number of likely N-dealkylation sites (tertiary alicyclic amines) is 1. The van der Waals surface area contributed by atoms with Gasteiger partial charge in [-0.3, -0.25) is 14.4 Å². The highest BCUT2D eigenvalue weighted by Crippen LogP contribution is 2.39. The third kappa shape index (κ3) is 5.59. The maximum Gasteiger partial charge on any atom is 0.416 e. The molecule has 1 unspecified atom stereocenters. The maximum atomic E-state index is 13.8. The average molecular weight is 545 g/mol. The number of nitrogens with zero attached hydrogens (tertiary/aromatic N) is 3. The standard InChI is InChI=1S/C28H31F3N4O4/c29-28(30,31)21-10-8-20(9-11-21)25(37)33-14-12-27(13-15-33)26(38)34(19-35(27)22-5-2-1-3-6-22)18-24(36)32-17-23-7-4-16-39-23/h1-3,5-6,8-11,23H,4,7,12-19H2,(H,32,36). The second-order valence-corrected chi connectivity index (χ2v) is 10.2. The van der Waals surface area contributed by atoms with Crippen LogP contribution in [0, 0.1) is 0 Å². The van der Waals surface area contributed by atoms with Crippen LogP contribution >= 0.6 is 0 Å². The number of carbonyl (C=O) groups excluding carboxylic acids is 3. The molecule has 0 radical (unpaired) electrons. The molecule has 39 heavy (non-hydrogen) atoms. The number of hydrogen-bond donors (Lipinski definition) is 1. The molecular formula is C28H31F3N4O4. The van der Waals surface area contributed by atoms with Crippen molar-refractivity contribution in [2.24, 2.45) is 0 Å². The number of carbonyl (C=O) groups is 3. The summed E-state index contributed by atoms with van der Waals surface area (Å²) >= 11 is 0. The van der Waals surface area contributed by atoms with Gasteiger partial charge >= 0.3 is 6.18 Å². The number of piperidine rings is 1. The van der Waals surface area contributed by atoms with Crippen molar-refractivity contribution in [3.63, 3.8) is 0 Å². The van der Waals surface area contributed by atoms with E-state index in [2.05, 4.69) is 5.32 Å². The van der Waals surface area contributed by atoms with E-state index in [4.69, 9.17) is 4.74 Å². The van der Waals surface area contributed by atoms with Gasteiger partial charge in [0.25, 0.3) is 11.8 Å². The SMILES string of the molecule is O=C(CN1CN(c2ccccc2)C2(CCN(C(=O)c3ccc(C(F)(F)F)cc3)CC2)C1=O)NCC1CCCO1. The van der Waals surface area contributed by atoms with E-state index in [1.807, 2.05) is 35.2 Å². The van der Waals surface area contributed by atoms with Crippen molar-refractivity contribution < 1.29 is 32.3 Å². The molecule has 208 valence electrons. The smallest absolute Gasteiger partial charge is 0.376 e. The van der Waals surface area contributed by atoms with Gasteiger partial charge in [0.1, 0.15) is 12.1 Å². The molecule has 2 aromatic rings. The number of rotatable bonds is 6. The van der Waals surface area contributed by atoms with Gasteiger partial charge in [-0.1, -0.05) is 18.2 Å². The highest BCUT2D eigenvalue weighted by atomic mass is 19.4. The molecule has 0 aliphatic carbocycles. The summed E-state index contributed by atoms with van der Waals surface area (Å²) in [6, 6.07) is 13.6. The molecule has 3 fully saturated rings. The highest BCUT2D eigenvalue weighted by molar-refractivity contribution is 5.97. The van der Waals surface area contributed by atoms with E-state index in [9.17, 15) is 27.6 Å². The van der Waals surface area contributed by atoms with Gasteiger partial charge in [-0.25, -0.2) is 0 Å². The molecule has 0 saturated carbocycles. The topological polar surface area (TPSA) is 82.2 Å². The molecule has 1 spiro atoms. The van der Waals surface area contributed by atoms with Gasteiger partial charge in [-0.15, -0.1) is 0 Å². The molecular weight excluding hydrogens is 513 g/mol. The first-order valence-corrected chi connectivity index (χ1v) is 13.1. The lowest BCUT2D eigenvalue weighted by atomic mass is 9.85. The van der Waals surface area contributed by atoms with Crippen molar-refractivity contribution in [3.8, 4) is 0 Å². The highest BCUT2D eigenvalue weighted by Gasteiger charge is 2.54. The van der Waals surface area contributed by atoms with Crippen LogP contribution in [-0.4, -0.2) is 78.6 Å². The predicted molar refractivity (Wildman–Crippen MR) is 137 cm³/mol. The quantitative estimate of drug-likeness (QED) is 0.604. The Morgan fingerprint density at radius 3 is 2.33 bits per heavy atom. The largest absolute Gasteiger partial charge is 0.416 e. The molecule has 3 amide bonds. The van der Waals surface area contributed by atoms with Crippen LogP contribution in [0.4, 0.5) is 18.9 Å². The summed E-state index contributed by atoms with van der Waals surface area (Å²) in [4.78, 5) is 44.7. The Hall–Kier alpha value is -3.60. The van der Waals surface area contributed by atoms with Crippen molar-refractivity contribution in [1.29, 1.82) is 0 Å². The van der Waals surface area contributed by atoms with Crippen LogP contribution in [0.3, 0.4) is 0 Å². The van der Waals surface area contributed by atoms with E-state index >= 15 is 0 Å². The van der Waals surface area contributed by atoms with Gasteiger partial charge in [0.05, 0.1) is 18.3 Å². The average Bonchev–Trinajstić information content (AvgIpc) is 3.55. The predicted octanol–water partition coefficient (Wildman–Crippen LogP) is 3.28. The molecule has 8 nitrogen and oxygen atoms in total. The molecule has 11 heteroatoms. The van der Waals surface area contributed by atoms with E-state index in [-0.39, 0.29) is 55.7 Å². The summed E-state index contributed by atoms with van der Waals surface area (Å²) in [5.41, 5.74) is -0.726. The van der Waals surface area contributed by atoms with E-state index in [1.165, 1.54) is 12.1 Å². The van der Waals surface area contributed by atoms with Gasteiger partial charge in [-0.2, -0.15) is 13.2 Å². The molecule has 3 saturated heterocycles. The van der Waals surface area contributed by atoms with Crippen LogP contribution in [0.15, 0.2) is 54.6 Å². The lowest BCUT2D eigenvalue weighted by Gasteiger charge is -2.43. The van der Waals surface area contributed by atoms with E-state index in [0.717, 1.165) is 30.7 Å². The van der Waals surface area contributed by atoms with Gasteiger partial charge in [0.2, 0.25) is 5.91 Å². The maximum absolute atomic E-state index is 13.8. The Balaban J connectivity index is 1.28.